The Hall–Kier alpha value is -1.87. The predicted molar refractivity (Wildman–Crippen MR) is 84.8 cm³/mol. The first-order chi connectivity index (χ1) is 10.3. The second-order valence-corrected chi connectivity index (χ2v) is 7.33. The maximum absolute atomic E-state index is 11.7. The number of sulfone groups is 1. The molecule has 0 bridgehead atoms. The van der Waals surface area contributed by atoms with Gasteiger partial charge in [0.05, 0.1) is 4.92 Å². The molecule has 1 heterocycles. The molecule has 1 aromatic carbocycles. The van der Waals surface area contributed by atoms with E-state index in [9.17, 15) is 18.5 Å². The van der Waals surface area contributed by atoms with Gasteiger partial charge in [0, 0.05) is 19.2 Å². The Morgan fingerprint density at radius 3 is 2.59 bits per heavy atom. The molecule has 2 aromatic rings. The van der Waals surface area contributed by atoms with Crippen LogP contribution in [0.3, 0.4) is 0 Å². The lowest BCUT2D eigenvalue weighted by molar-refractivity contribution is -0.386. The summed E-state index contributed by atoms with van der Waals surface area (Å²) in [6.07, 6.45) is 1.45. The molecule has 0 unspecified atom stereocenters. The van der Waals surface area contributed by atoms with E-state index in [0.29, 0.717) is 23.4 Å². The standard InChI is InChI=1S/C13H13BrN2O5S/c1-22(19,20)11-4-2-3-10(13(11)16(17)18)15-8-7-9-5-6-12(14)21-9/h2-6,15H,7-8H2,1H3. The second kappa shape index (κ2) is 6.49. The average molecular weight is 389 g/mol. The van der Waals surface area contributed by atoms with Gasteiger partial charge in [0.1, 0.15) is 16.3 Å². The third-order valence-corrected chi connectivity index (χ3v) is 4.45. The number of furan rings is 1. The topological polar surface area (TPSA) is 102 Å². The van der Waals surface area contributed by atoms with Crippen molar-refractivity contribution in [3.05, 3.63) is 50.9 Å². The van der Waals surface area contributed by atoms with E-state index in [0.717, 1.165) is 6.26 Å². The SMILES string of the molecule is CS(=O)(=O)c1cccc(NCCc2ccc(Br)o2)c1[N+](=O)[O-]. The highest BCUT2D eigenvalue weighted by Crippen LogP contribution is 2.31. The van der Waals surface area contributed by atoms with Crippen LogP contribution in [-0.4, -0.2) is 26.1 Å². The molecule has 0 aliphatic carbocycles. The average Bonchev–Trinajstić information content (AvgIpc) is 2.83. The molecule has 1 aromatic heterocycles. The van der Waals surface area contributed by atoms with Gasteiger partial charge in [-0.25, -0.2) is 8.42 Å². The van der Waals surface area contributed by atoms with Crippen LogP contribution in [0.25, 0.3) is 0 Å². The van der Waals surface area contributed by atoms with Gasteiger partial charge in [-0.05, 0) is 40.2 Å². The van der Waals surface area contributed by atoms with Crippen molar-refractivity contribution in [3.63, 3.8) is 0 Å². The first-order valence-electron chi connectivity index (χ1n) is 6.24. The molecule has 0 fully saturated rings. The molecule has 7 nitrogen and oxygen atoms in total. The van der Waals surface area contributed by atoms with E-state index in [1.54, 1.807) is 12.1 Å². The van der Waals surface area contributed by atoms with Gasteiger partial charge in [0.2, 0.25) is 0 Å². The van der Waals surface area contributed by atoms with Crippen LogP contribution >= 0.6 is 15.9 Å². The van der Waals surface area contributed by atoms with E-state index < -0.39 is 20.4 Å². The first kappa shape index (κ1) is 16.5. The minimum Gasteiger partial charge on any atom is -0.454 e. The number of nitro benzene ring substituents is 1. The quantitative estimate of drug-likeness (QED) is 0.602. The maximum atomic E-state index is 11.7. The normalized spacial score (nSPS) is 11.4. The van der Waals surface area contributed by atoms with Crippen molar-refractivity contribution in [2.45, 2.75) is 11.3 Å². The maximum Gasteiger partial charge on any atom is 0.310 e. The summed E-state index contributed by atoms with van der Waals surface area (Å²) in [6.45, 7) is 0.369. The van der Waals surface area contributed by atoms with Crippen LogP contribution in [0.4, 0.5) is 11.4 Å². The molecule has 0 spiro atoms. The van der Waals surface area contributed by atoms with E-state index in [-0.39, 0.29) is 10.6 Å². The Morgan fingerprint density at radius 2 is 2.05 bits per heavy atom. The van der Waals surface area contributed by atoms with Crippen molar-refractivity contribution in [2.24, 2.45) is 0 Å². The third kappa shape index (κ3) is 3.86. The Kier molecular flexibility index (Phi) is 4.87. The van der Waals surface area contributed by atoms with Crippen LogP contribution in [-0.2, 0) is 16.3 Å². The molecule has 0 aliphatic rings. The lowest BCUT2D eigenvalue weighted by Gasteiger charge is -2.08. The predicted octanol–water partition coefficient (Wildman–Crippen LogP) is 3.01. The van der Waals surface area contributed by atoms with E-state index in [4.69, 9.17) is 4.42 Å². The molecular weight excluding hydrogens is 376 g/mol. The number of halogens is 1. The van der Waals surface area contributed by atoms with E-state index >= 15 is 0 Å². The number of hydrogen-bond donors (Lipinski definition) is 1. The highest BCUT2D eigenvalue weighted by Gasteiger charge is 2.25. The fraction of sp³-hybridized carbons (Fsp3) is 0.231. The number of para-hydroxylation sites is 1. The zero-order valence-corrected chi connectivity index (χ0v) is 14.0. The summed E-state index contributed by atoms with van der Waals surface area (Å²) in [7, 11) is -3.68. The lowest BCUT2D eigenvalue weighted by atomic mass is 10.2. The van der Waals surface area contributed by atoms with Crippen LogP contribution in [0.5, 0.6) is 0 Å². The summed E-state index contributed by atoms with van der Waals surface area (Å²) < 4.78 is 29.2. The molecule has 0 radical (unpaired) electrons. The fourth-order valence-corrected chi connectivity index (χ4v) is 3.16. The number of benzene rings is 1. The van der Waals surface area contributed by atoms with Gasteiger partial charge in [-0.15, -0.1) is 0 Å². The highest BCUT2D eigenvalue weighted by molar-refractivity contribution is 9.10. The summed E-state index contributed by atoms with van der Waals surface area (Å²) in [5.41, 5.74) is -0.274. The molecule has 118 valence electrons. The van der Waals surface area contributed by atoms with Crippen molar-refractivity contribution in [1.29, 1.82) is 0 Å². The smallest absolute Gasteiger partial charge is 0.310 e. The van der Waals surface area contributed by atoms with E-state index in [1.807, 2.05) is 0 Å². The van der Waals surface area contributed by atoms with Crippen LogP contribution in [0.2, 0.25) is 0 Å². The van der Waals surface area contributed by atoms with Crippen LogP contribution < -0.4 is 5.32 Å². The van der Waals surface area contributed by atoms with Crippen LogP contribution in [0.15, 0.2) is 44.3 Å². The highest BCUT2D eigenvalue weighted by atomic mass is 79.9. The summed E-state index contributed by atoms with van der Waals surface area (Å²) >= 11 is 3.19. The van der Waals surface area contributed by atoms with Crippen molar-refractivity contribution < 1.29 is 17.8 Å². The van der Waals surface area contributed by atoms with Crippen LogP contribution in [0, 0.1) is 10.1 Å². The van der Waals surface area contributed by atoms with Crippen molar-refractivity contribution in [3.8, 4) is 0 Å². The molecule has 0 saturated carbocycles. The Morgan fingerprint density at radius 1 is 1.32 bits per heavy atom. The number of anilines is 1. The van der Waals surface area contributed by atoms with E-state index in [1.165, 1.54) is 18.2 Å². The van der Waals surface area contributed by atoms with Gasteiger partial charge in [-0.1, -0.05) is 6.07 Å². The third-order valence-electron chi connectivity index (χ3n) is 2.90. The number of rotatable bonds is 6. The monoisotopic (exact) mass is 388 g/mol. The number of nitrogens with one attached hydrogen (secondary N) is 1. The molecule has 1 N–H and O–H groups in total. The second-order valence-electron chi connectivity index (χ2n) is 4.56. The fourth-order valence-electron chi connectivity index (χ4n) is 1.96. The van der Waals surface area contributed by atoms with Gasteiger partial charge < -0.3 is 9.73 Å². The van der Waals surface area contributed by atoms with Crippen molar-refractivity contribution >= 4 is 37.1 Å². The molecule has 2 rings (SSSR count). The van der Waals surface area contributed by atoms with Gasteiger partial charge >= 0.3 is 5.69 Å². The van der Waals surface area contributed by atoms with E-state index in [2.05, 4.69) is 21.2 Å². The van der Waals surface area contributed by atoms with Gasteiger partial charge in [-0.2, -0.15) is 0 Å². The number of hydrogen-bond acceptors (Lipinski definition) is 6. The minimum absolute atomic E-state index is 0.165. The van der Waals surface area contributed by atoms with Crippen LogP contribution in [0.1, 0.15) is 5.76 Å². The largest absolute Gasteiger partial charge is 0.454 e. The molecular formula is C13H13BrN2O5S. The number of nitrogens with zero attached hydrogens (tertiary/aromatic N) is 1. The van der Waals surface area contributed by atoms with Gasteiger partial charge in [0.25, 0.3) is 0 Å². The lowest BCUT2D eigenvalue weighted by Crippen LogP contribution is -2.09. The Labute approximate surface area is 135 Å². The molecule has 22 heavy (non-hydrogen) atoms. The summed E-state index contributed by atoms with van der Waals surface area (Å²) in [5, 5.41) is 14.1. The zero-order valence-electron chi connectivity index (χ0n) is 11.6. The Balaban J connectivity index is 2.22. The van der Waals surface area contributed by atoms with Crippen molar-refractivity contribution in [2.75, 3.05) is 18.1 Å². The zero-order chi connectivity index (χ0) is 16.3. The van der Waals surface area contributed by atoms with Gasteiger partial charge in [-0.3, -0.25) is 10.1 Å². The molecule has 0 atom stereocenters. The summed E-state index contributed by atoms with van der Waals surface area (Å²) in [6, 6.07) is 7.71. The first-order valence-corrected chi connectivity index (χ1v) is 8.93. The molecule has 0 saturated heterocycles. The Bertz CT molecular complexity index is 801. The summed E-state index contributed by atoms with van der Waals surface area (Å²) in [5.74, 6) is 0.710. The summed E-state index contributed by atoms with van der Waals surface area (Å²) in [4.78, 5) is 10.2. The van der Waals surface area contributed by atoms with Gasteiger partial charge in [0.15, 0.2) is 14.5 Å². The minimum atomic E-state index is -3.68. The molecule has 0 amide bonds. The molecule has 0 aliphatic heterocycles. The van der Waals surface area contributed by atoms with Crippen molar-refractivity contribution in [1.82, 2.24) is 0 Å². The molecule has 9 heteroatoms. The number of nitro groups is 1.